The Morgan fingerprint density at radius 2 is 1.87 bits per heavy atom. The first-order valence-corrected chi connectivity index (χ1v) is 17.2. The zero-order valence-corrected chi connectivity index (χ0v) is 26.0. The lowest BCUT2D eigenvalue weighted by Gasteiger charge is -2.38. The summed E-state index contributed by atoms with van der Waals surface area (Å²) in [6, 6.07) is 4.36. The molecule has 2 aromatic carbocycles. The van der Waals surface area contributed by atoms with Gasteiger partial charge in [0.05, 0.1) is 23.3 Å². The number of alkyl halides is 1. The van der Waals surface area contributed by atoms with Crippen molar-refractivity contribution in [3.05, 3.63) is 47.9 Å². The molecule has 10 nitrogen and oxygen atoms in total. The molecule has 0 saturated carbocycles. The van der Waals surface area contributed by atoms with Crippen LogP contribution in [0.4, 0.5) is 23.4 Å². The Labute approximate surface area is 267 Å². The smallest absolute Gasteiger partial charge is 0.319 e. The molecule has 1 N–H and O–H groups in total. The monoisotopic (exact) mass is 673 g/mol. The number of phenols is 1. The highest BCUT2D eigenvalue weighted by atomic mass is 32.2. The molecule has 0 radical (unpaired) electrons. The summed E-state index contributed by atoms with van der Waals surface area (Å²) in [6.07, 6.45) is 2.57. The molecule has 0 aliphatic carbocycles. The molecule has 4 saturated heterocycles. The van der Waals surface area contributed by atoms with Crippen molar-refractivity contribution < 1.29 is 40.6 Å². The molecule has 0 bridgehead atoms. The number of ether oxygens (including phenoxy) is 2. The second kappa shape index (κ2) is 10.9. The third-order valence-corrected chi connectivity index (χ3v) is 12.6. The van der Waals surface area contributed by atoms with Crippen molar-refractivity contribution in [3.63, 3.8) is 0 Å². The Morgan fingerprint density at radius 1 is 1.06 bits per heavy atom. The molecule has 8 rings (SSSR count). The third-order valence-electron chi connectivity index (χ3n) is 10.2. The number of fused-ring (bicyclic) bond motifs is 3. The first-order chi connectivity index (χ1) is 22.5. The van der Waals surface area contributed by atoms with Gasteiger partial charge in [-0.1, -0.05) is 6.07 Å². The topological polar surface area (TPSA) is 118 Å². The number of piperidine rings is 1. The van der Waals surface area contributed by atoms with E-state index in [1.165, 1.54) is 18.3 Å². The number of pyridine rings is 1. The predicted molar refractivity (Wildman–Crippen MR) is 164 cm³/mol. The predicted octanol–water partition coefficient (Wildman–Crippen LogP) is 4.66. The lowest BCUT2D eigenvalue weighted by molar-refractivity contribution is 0.0285. The van der Waals surface area contributed by atoms with Gasteiger partial charge in [-0.2, -0.15) is 9.97 Å². The Bertz CT molecular complexity index is 2040. The number of benzene rings is 2. The van der Waals surface area contributed by atoms with Crippen LogP contribution < -0.4 is 9.64 Å². The highest BCUT2D eigenvalue weighted by Gasteiger charge is 2.51. The second-order valence-corrected chi connectivity index (χ2v) is 15.3. The van der Waals surface area contributed by atoms with E-state index >= 15 is 8.78 Å². The molecule has 15 heteroatoms. The van der Waals surface area contributed by atoms with Crippen LogP contribution in [0.3, 0.4) is 0 Å². The summed E-state index contributed by atoms with van der Waals surface area (Å²) in [7, 11) is -3.46. The van der Waals surface area contributed by atoms with E-state index in [1.54, 1.807) is 4.90 Å². The molecule has 248 valence electrons. The number of phenolic OH excluding ortho intramolecular Hbond substituents is 1. The van der Waals surface area contributed by atoms with Crippen molar-refractivity contribution in [2.45, 2.75) is 48.7 Å². The van der Waals surface area contributed by atoms with Crippen molar-refractivity contribution >= 4 is 37.3 Å². The lowest BCUT2D eigenvalue weighted by atomic mass is 9.95. The van der Waals surface area contributed by atoms with Gasteiger partial charge < -0.3 is 19.5 Å². The molecule has 4 aliphatic rings. The van der Waals surface area contributed by atoms with Crippen LogP contribution in [-0.2, 0) is 14.6 Å². The van der Waals surface area contributed by atoms with E-state index in [4.69, 9.17) is 9.47 Å². The summed E-state index contributed by atoms with van der Waals surface area (Å²) < 4.78 is 98.0. The first kappa shape index (κ1) is 30.5. The number of hydrogen-bond acceptors (Lipinski definition) is 10. The molecule has 2 atom stereocenters. The number of sulfone groups is 1. The summed E-state index contributed by atoms with van der Waals surface area (Å²) in [5.41, 5.74) is -1.31. The van der Waals surface area contributed by atoms with Gasteiger partial charge in [-0.15, -0.1) is 0 Å². The van der Waals surface area contributed by atoms with E-state index in [9.17, 15) is 22.3 Å². The molecular weight excluding hydrogens is 642 g/mol. The quantitative estimate of drug-likeness (QED) is 0.300. The molecule has 6 heterocycles. The maximum absolute atomic E-state index is 16.6. The standard InChI is InChI=1S/C32H31F4N5O5S/c33-19-14-31(4-1-7-41(31)16-19)17-45-30-38-28-22(29(39-30)40-8-5-32(6-9-40)46-10-11-47(32,43)44)15-37-27(26(28)36)21-13-20(42)12-18-2-3-23(34)25(35)24(18)21/h2-3,12-13,15,19,42H,1,4-11,14,16-17H2/t19-,31+/m1/s1. The van der Waals surface area contributed by atoms with Crippen molar-refractivity contribution in [3.8, 4) is 23.0 Å². The SMILES string of the molecule is O=S1(=O)CCOC12CCN(c1nc(OC[C@@]34CCCN3C[C@H](F)C4)nc3c(F)c(-c4cc(O)cc5ccc(F)c(F)c45)ncc13)CC2. The maximum atomic E-state index is 16.6. The molecule has 47 heavy (non-hydrogen) atoms. The zero-order valence-electron chi connectivity index (χ0n) is 25.2. The summed E-state index contributed by atoms with van der Waals surface area (Å²) in [6.45, 7) is 1.70. The summed E-state index contributed by atoms with van der Waals surface area (Å²) in [4.78, 5) is 15.9. The number of rotatable bonds is 5. The van der Waals surface area contributed by atoms with E-state index in [1.807, 2.05) is 0 Å². The summed E-state index contributed by atoms with van der Waals surface area (Å²) >= 11 is 0. The van der Waals surface area contributed by atoms with Crippen LogP contribution in [0.2, 0.25) is 0 Å². The maximum Gasteiger partial charge on any atom is 0.319 e. The fourth-order valence-corrected chi connectivity index (χ4v) is 9.60. The van der Waals surface area contributed by atoms with E-state index in [-0.39, 0.29) is 95.4 Å². The first-order valence-electron chi connectivity index (χ1n) is 15.6. The van der Waals surface area contributed by atoms with Crippen LogP contribution in [0.15, 0.2) is 30.5 Å². The van der Waals surface area contributed by atoms with Crippen LogP contribution in [-0.4, -0.2) is 95.2 Å². The van der Waals surface area contributed by atoms with E-state index in [2.05, 4.69) is 19.9 Å². The molecular formula is C32H31F4N5O5S. The molecule has 4 aliphatic heterocycles. The number of nitrogens with zero attached hydrogens (tertiary/aromatic N) is 5. The fraction of sp³-hybridized carbons (Fsp3) is 0.469. The van der Waals surface area contributed by atoms with Crippen LogP contribution in [0.25, 0.3) is 32.9 Å². The van der Waals surface area contributed by atoms with Gasteiger partial charge in [-0.05, 0) is 43.0 Å². The minimum absolute atomic E-state index is 0.0495. The average Bonchev–Trinajstić information content (AvgIpc) is 3.66. The van der Waals surface area contributed by atoms with Gasteiger partial charge in [0.2, 0.25) is 0 Å². The van der Waals surface area contributed by atoms with Crippen LogP contribution in [0, 0.1) is 17.5 Å². The molecule has 0 unspecified atom stereocenters. The zero-order chi connectivity index (χ0) is 32.7. The van der Waals surface area contributed by atoms with E-state index in [0.29, 0.717) is 13.0 Å². The number of aromatic hydroxyl groups is 1. The highest BCUT2D eigenvalue weighted by molar-refractivity contribution is 7.92. The van der Waals surface area contributed by atoms with Crippen molar-refractivity contribution in [2.75, 3.05) is 50.0 Å². The van der Waals surface area contributed by atoms with Gasteiger partial charge in [0.1, 0.15) is 35.6 Å². The average molecular weight is 674 g/mol. The minimum atomic E-state index is -3.46. The highest BCUT2D eigenvalue weighted by Crippen LogP contribution is 2.43. The molecule has 4 fully saturated rings. The molecule has 1 spiro atoms. The summed E-state index contributed by atoms with van der Waals surface area (Å²) in [5, 5.41) is 10.4. The van der Waals surface area contributed by atoms with Crippen molar-refractivity contribution in [2.24, 2.45) is 0 Å². The van der Waals surface area contributed by atoms with Crippen LogP contribution >= 0.6 is 0 Å². The van der Waals surface area contributed by atoms with Gasteiger partial charge in [0.15, 0.2) is 32.2 Å². The van der Waals surface area contributed by atoms with Crippen molar-refractivity contribution in [1.29, 1.82) is 0 Å². The second-order valence-electron chi connectivity index (χ2n) is 12.9. The van der Waals surface area contributed by atoms with E-state index in [0.717, 1.165) is 31.5 Å². The number of hydrogen-bond donors (Lipinski definition) is 1. The van der Waals surface area contributed by atoms with Crippen LogP contribution in [0.5, 0.6) is 11.8 Å². The van der Waals surface area contributed by atoms with Gasteiger partial charge in [-0.25, -0.2) is 26.0 Å². The number of aromatic nitrogens is 3. The minimum Gasteiger partial charge on any atom is -0.508 e. The van der Waals surface area contributed by atoms with Crippen molar-refractivity contribution in [1.82, 2.24) is 19.9 Å². The van der Waals surface area contributed by atoms with Gasteiger partial charge in [-0.3, -0.25) is 9.88 Å². The van der Waals surface area contributed by atoms with Crippen LogP contribution in [0.1, 0.15) is 32.1 Å². The largest absolute Gasteiger partial charge is 0.508 e. The summed E-state index contributed by atoms with van der Waals surface area (Å²) in [5.74, 6) is -3.45. The molecule has 4 aromatic rings. The molecule has 0 amide bonds. The Balaban J connectivity index is 1.24. The Morgan fingerprint density at radius 3 is 2.64 bits per heavy atom. The van der Waals surface area contributed by atoms with E-state index < -0.39 is 43.9 Å². The third kappa shape index (κ3) is 4.79. The Kier molecular flexibility index (Phi) is 7.05. The van der Waals surface area contributed by atoms with Gasteiger partial charge in [0, 0.05) is 56.0 Å². The number of anilines is 1. The fourth-order valence-electron chi connectivity index (χ4n) is 7.86. The number of halogens is 4. The van der Waals surface area contributed by atoms with Gasteiger partial charge >= 0.3 is 6.01 Å². The molecule has 2 aromatic heterocycles. The lowest BCUT2D eigenvalue weighted by Crippen LogP contribution is -2.48. The normalized spacial score (nSPS) is 25.3. The Hall–Kier alpha value is -3.82. The van der Waals surface area contributed by atoms with Gasteiger partial charge in [0.25, 0.3) is 0 Å².